The summed E-state index contributed by atoms with van der Waals surface area (Å²) in [4.78, 5) is 46.5. The zero-order valence-corrected chi connectivity index (χ0v) is 30.6. The molecule has 0 fully saturated rings. The monoisotopic (exact) mass is 716 g/mol. The lowest BCUT2D eigenvalue weighted by Gasteiger charge is -2.31. The van der Waals surface area contributed by atoms with Crippen molar-refractivity contribution in [2.75, 3.05) is 20.1 Å². The standard InChI is InChI=1S/C39H49ClN6O3S/c1-45-25-29(31-17-16-30(40)22-33(31)45)20-34-38(48)44-24-28-12-4-6-15-37(28)50-36-14-5-3-11-27(36)23-43-32(13-9-19-42)35(47)21-26(10-7-8-18-41)39(49)46(34)2/h3-6,11-12,14-17,22,25-26,32,34,43H,7-10,13,18-21,23-24,41-42H2,1-2H3,(H,44,48)/t26-,32+,34+/m1/s1. The molecule has 2 heterocycles. The van der Waals surface area contributed by atoms with Crippen molar-refractivity contribution < 1.29 is 14.4 Å². The summed E-state index contributed by atoms with van der Waals surface area (Å²) in [6.07, 6.45) is 5.56. The fraction of sp³-hybridized carbons (Fsp3) is 0.410. The Balaban J connectivity index is 1.55. The van der Waals surface area contributed by atoms with Gasteiger partial charge in [0.1, 0.15) is 6.04 Å². The van der Waals surface area contributed by atoms with Crippen molar-refractivity contribution >= 4 is 51.9 Å². The summed E-state index contributed by atoms with van der Waals surface area (Å²) in [7, 11) is 3.63. The SMILES string of the molecule is CN1C(=O)[C@H](CCCCN)CC(=O)[C@H](CCCN)NCc2ccccc2Sc2ccccc2CNC(=O)[C@@H]1Cc1cn(C)c2cc(Cl)ccc12. The van der Waals surface area contributed by atoms with E-state index in [4.69, 9.17) is 23.1 Å². The number of hydrogen-bond donors (Lipinski definition) is 4. The second kappa shape index (κ2) is 18.0. The molecule has 0 spiro atoms. The molecule has 0 radical (unpaired) electrons. The van der Waals surface area contributed by atoms with E-state index in [1.54, 1.807) is 23.7 Å². The zero-order chi connectivity index (χ0) is 35.6. The van der Waals surface area contributed by atoms with Crippen molar-refractivity contribution in [1.29, 1.82) is 0 Å². The van der Waals surface area contributed by atoms with Crippen molar-refractivity contribution in [2.24, 2.45) is 24.4 Å². The van der Waals surface area contributed by atoms with Crippen LogP contribution in [0.3, 0.4) is 0 Å². The van der Waals surface area contributed by atoms with E-state index < -0.39 is 18.0 Å². The number of nitrogens with two attached hydrogens (primary N) is 2. The van der Waals surface area contributed by atoms with E-state index in [9.17, 15) is 14.4 Å². The lowest BCUT2D eigenvalue weighted by Crippen LogP contribution is -2.51. The minimum atomic E-state index is -0.821. The van der Waals surface area contributed by atoms with E-state index >= 15 is 0 Å². The molecule has 5 rings (SSSR count). The minimum Gasteiger partial charge on any atom is -0.350 e. The van der Waals surface area contributed by atoms with Gasteiger partial charge in [0.15, 0.2) is 5.78 Å². The van der Waals surface area contributed by atoms with Crippen molar-refractivity contribution in [3.05, 3.63) is 94.6 Å². The van der Waals surface area contributed by atoms with Gasteiger partial charge in [-0.05, 0) is 79.7 Å². The second-order valence-corrected chi connectivity index (χ2v) is 14.7. The van der Waals surface area contributed by atoms with Crippen LogP contribution in [0.2, 0.25) is 5.02 Å². The van der Waals surface area contributed by atoms with Gasteiger partial charge in [-0.3, -0.25) is 14.4 Å². The normalized spacial score (nSPS) is 19.6. The first-order chi connectivity index (χ1) is 24.2. The van der Waals surface area contributed by atoms with Gasteiger partial charge in [0.05, 0.1) is 6.04 Å². The number of hydrogen-bond acceptors (Lipinski definition) is 7. The van der Waals surface area contributed by atoms with Gasteiger partial charge in [0.25, 0.3) is 0 Å². The number of nitrogens with one attached hydrogen (secondary N) is 2. The summed E-state index contributed by atoms with van der Waals surface area (Å²) in [5, 5.41) is 8.28. The van der Waals surface area contributed by atoms with Gasteiger partial charge in [-0.2, -0.15) is 0 Å². The van der Waals surface area contributed by atoms with Crippen LogP contribution in [0.5, 0.6) is 0 Å². The van der Waals surface area contributed by atoms with E-state index in [2.05, 4.69) is 28.8 Å². The molecule has 3 atom stereocenters. The molecule has 0 bridgehead atoms. The average Bonchev–Trinajstić information content (AvgIpc) is 3.42. The Bertz CT molecular complexity index is 1790. The van der Waals surface area contributed by atoms with Crippen LogP contribution >= 0.6 is 23.4 Å². The third-order valence-corrected chi connectivity index (χ3v) is 11.1. The summed E-state index contributed by atoms with van der Waals surface area (Å²) in [6.45, 7) is 1.76. The number of nitrogens with zero attached hydrogens (tertiary/aromatic N) is 2. The molecule has 3 aromatic carbocycles. The fourth-order valence-electron chi connectivity index (χ4n) is 6.74. The Hall–Kier alpha value is -3.67. The van der Waals surface area contributed by atoms with Gasteiger partial charge in [-0.15, -0.1) is 0 Å². The summed E-state index contributed by atoms with van der Waals surface area (Å²) in [5.74, 6) is -1.10. The van der Waals surface area contributed by atoms with Crippen LogP contribution in [-0.4, -0.2) is 59.3 Å². The Labute approximate surface area is 304 Å². The maximum Gasteiger partial charge on any atom is 0.243 e. The van der Waals surface area contributed by atoms with Crippen LogP contribution in [0.15, 0.2) is 82.7 Å². The fourth-order valence-corrected chi connectivity index (χ4v) is 7.98. The minimum absolute atomic E-state index is 0.0234. The maximum absolute atomic E-state index is 14.5. The number of carbonyl (C=O) groups is 3. The van der Waals surface area contributed by atoms with Crippen LogP contribution in [0, 0.1) is 5.92 Å². The van der Waals surface area contributed by atoms with Crippen molar-refractivity contribution in [3.63, 3.8) is 0 Å². The summed E-state index contributed by atoms with van der Waals surface area (Å²) < 4.78 is 1.99. The molecule has 50 heavy (non-hydrogen) atoms. The number of Topliss-reactive ketones (excluding diaryl/α,β-unsaturated/α-hetero) is 1. The Morgan fingerprint density at radius 1 is 0.860 bits per heavy atom. The van der Waals surface area contributed by atoms with Gasteiger partial charge in [-0.1, -0.05) is 72.2 Å². The summed E-state index contributed by atoms with van der Waals surface area (Å²) in [6, 6.07) is 20.6. The predicted octanol–water partition coefficient (Wildman–Crippen LogP) is 5.58. The van der Waals surface area contributed by atoms with Gasteiger partial charge in [-0.25, -0.2) is 0 Å². The smallest absolute Gasteiger partial charge is 0.243 e. The third-order valence-electron chi connectivity index (χ3n) is 9.61. The molecule has 0 unspecified atom stereocenters. The number of ketones is 1. The summed E-state index contributed by atoms with van der Waals surface area (Å²) in [5.41, 5.74) is 15.6. The summed E-state index contributed by atoms with van der Waals surface area (Å²) >= 11 is 7.96. The highest BCUT2D eigenvalue weighted by Gasteiger charge is 2.34. The first kappa shape index (κ1) is 37.6. The third kappa shape index (κ3) is 9.35. The molecule has 1 aliphatic heterocycles. The number of carbonyl (C=O) groups excluding carboxylic acids is 3. The molecule has 2 amide bonds. The van der Waals surface area contributed by atoms with E-state index in [-0.39, 0.29) is 24.0 Å². The number of amides is 2. The second-order valence-electron chi connectivity index (χ2n) is 13.1. The van der Waals surface area contributed by atoms with Gasteiger partial charge >= 0.3 is 0 Å². The van der Waals surface area contributed by atoms with Crippen molar-refractivity contribution in [3.8, 4) is 0 Å². The molecule has 4 aromatic rings. The predicted molar refractivity (Wildman–Crippen MR) is 202 cm³/mol. The molecule has 0 saturated carbocycles. The number of unbranched alkanes of at least 4 members (excludes halogenated alkanes) is 1. The van der Waals surface area contributed by atoms with E-state index in [1.807, 2.05) is 66.3 Å². The van der Waals surface area contributed by atoms with Gasteiger partial charge < -0.3 is 31.6 Å². The van der Waals surface area contributed by atoms with E-state index in [1.165, 1.54) is 0 Å². The average molecular weight is 717 g/mol. The number of rotatable bonds is 9. The molecule has 6 N–H and O–H groups in total. The number of likely N-dealkylation sites (N-methyl/N-ethyl adjacent to an activating group) is 1. The first-order valence-electron chi connectivity index (χ1n) is 17.5. The highest BCUT2D eigenvalue weighted by Crippen LogP contribution is 2.33. The number of aryl methyl sites for hydroxylation is 1. The van der Waals surface area contributed by atoms with E-state index in [0.717, 1.165) is 43.8 Å². The Kier molecular flexibility index (Phi) is 13.5. The molecular formula is C39H49ClN6O3S. The molecule has 266 valence electrons. The van der Waals surface area contributed by atoms with E-state index in [0.29, 0.717) is 63.3 Å². The topological polar surface area (TPSA) is 135 Å². The highest BCUT2D eigenvalue weighted by molar-refractivity contribution is 7.99. The zero-order valence-electron chi connectivity index (χ0n) is 29.0. The van der Waals surface area contributed by atoms with Crippen LogP contribution in [0.4, 0.5) is 0 Å². The number of benzene rings is 3. The molecule has 0 saturated heterocycles. The number of aromatic nitrogens is 1. The Morgan fingerprint density at radius 3 is 2.24 bits per heavy atom. The lowest BCUT2D eigenvalue weighted by molar-refractivity contribution is -0.143. The largest absolute Gasteiger partial charge is 0.350 e. The molecule has 11 heteroatoms. The molecule has 9 nitrogen and oxygen atoms in total. The van der Waals surface area contributed by atoms with Gasteiger partial charge in [0, 0.05) is 77.9 Å². The number of halogens is 1. The lowest BCUT2D eigenvalue weighted by atomic mass is 9.90. The van der Waals surface area contributed by atoms with Crippen LogP contribution in [0.25, 0.3) is 10.9 Å². The van der Waals surface area contributed by atoms with Crippen LogP contribution < -0.4 is 22.1 Å². The quantitative estimate of drug-likeness (QED) is 0.166. The number of fused-ring (bicyclic) bond motifs is 3. The molecule has 0 aliphatic carbocycles. The maximum atomic E-state index is 14.5. The molecular weight excluding hydrogens is 668 g/mol. The molecule has 1 aromatic heterocycles. The van der Waals surface area contributed by atoms with Crippen molar-refractivity contribution in [1.82, 2.24) is 20.1 Å². The van der Waals surface area contributed by atoms with Crippen molar-refractivity contribution in [2.45, 2.75) is 79.9 Å². The Morgan fingerprint density at radius 2 is 1.54 bits per heavy atom. The first-order valence-corrected chi connectivity index (χ1v) is 18.7. The highest BCUT2D eigenvalue weighted by atomic mass is 35.5. The van der Waals surface area contributed by atoms with Gasteiger partial charge in [0.2, 0.25) is 11.8 Å². The van der Waals surface area contributed by atoms with Crippen LogP contribution in [-0.2, 0) is 40.9 Å². The van der Waals surface area contributed by atoms with Crippen LogP contribution in [0.1, 0.15) is 55.2 Å². The molecule has 1 aliphatic rings.